The fourth-order valence-corrected chi connectivity index (χ4v) is 3.40. The number of aromatic nitrogens is 1. The number of carbonyl (C=O) groups is 3. The minimum atomic E-state index is -0.863. The number of pyridine rings is 1. The number of anilines is 2. The average molecular weight is 411 g/mol. The van der Waals surface area contributed by atoms with Gasteiger partial charge in [0.1, 0.15) is 17.9 Å². The maximum atomic E-state index is 12.5. The largest absolute Gasteiger partial charge is 0.378 e. The number of benzene rings is 1. The van der Waals surface area contributed by atoms with E-state index >= 15 is 0 Å². The summed E-state index contributed by atoms with van der Waals surface area (Å²) in [5, 5.41) is 13.7. The lowest BCUT2D eigenvalue weighted by molar-refractivity contribution is -0.385. The third kappa shape index (κ3) is 3.57. The highest BCUT2D eigenvalue weighted by Crippen LogP contribution is 2.30. The number of hydrogen-bond acceptors (Lipinski definition) is 8. The first-order chi connectivity index (χ1) is 14.5. The number of amides is 3. The van der Waals surface area contributed by atoms with Crippen LogP contribution in [-0.2, 0) is 9.53 Å². The summed E-state index contributed by atoms with van der Waals surface area (Å²) in [5.74, 6) is -1.47. The van der Waals surface area contributed by atoms with Crippen molar-refractivity contribution in [2.24, 2.45) is 0 Å². The summed E-state index contributed by atoms with van der Waals surface area (Å²) in [4.78, 5) is 54.9. The van der Waals surface area contributed by atoms with E-state index in [1.54, 1.807) is 12.1 Å². The summed E-state index contributed by atoms with van der Waals surface area (Å²) in [6.45, 7) is 2.14. The van der Waals surface area contributed by atoms with Crippen molar-refractivity contribution in [2.45, 2.75) is 0 Å². The second-order valence-corrected chi connectivity index (χ2v) is 6.71. The molecule has 2 aromatic rings. The summed E-state index contributed by atoms with van der Waals surface area (Å²) < 4.78 is 5.30. The highest BCUT2D eigenvalue weighted by molar-refractivity contribution is 6.24. The fourth-order valence-electron chi connectivity index (χ4n) is 3.40. The summed E-state index contributed by atoms with van der Waals surface area (Å²) in [6, 6.07) is 7.23. The lowest BCUT2D eigenvalue weighted by Gasteiger charge is -2.27. The third-order valence-electron chi connectivity index (χ3n) is 4.84. The number of hydrogen-bond donors (Lipinski definition) is 1. The van der Waals surface area contributed by atoms with E-state index in [2.05, 4.69) is 15.2 Å². The van der Waals surface area contributed by atoms with Gasteiger partial charge >= 0.3 is 0 Å². The highest BCUT2D eigenvalue weighted by atomic mass is 16.6. The van der Waals surface area contributed by atoms with Crippen molar-refractivity contribution < 1.29 is 24.0 Å². The van der Waals surface area contributed by atoms with E-state index in [4.69, 9.17) is 4.74 Å². The van der Waals surface area contributed by atoms with Crippen LogP contribution < -0.4 is 10.2 Å². The van der Waals surface area contributed by atoms with Crippen LogP contribution in [0, 0.1) is 10.1 Å². The van der Waals surface area contributed by atoms with E-state index in [1.165, 1.54) is 18.3 Å². The summed E-state index contributed by atoms with van der Waals surface area (Å²) in [7, 11) is 0. The van der Waals surface area contributed by atoms with Crippen molar-refractivity contribution in [3.05, 3.63) is 57.8 Å². The molecule has 0 atom stereocenters. The average Bonchev–Trinajstić information content (AvgIpc) is 2.99. The Balaban J connectivity index is 1.43. The molecule has 3 heterocycles. The molecule has 1 aromatic carbocycles. The number of carbonyl (C=O) groups excluding carboxylic acids is 3. The molecule has 2 aliphatic heterocycles. The minimum Gasteiger partial charge on any atom is -0.378 e. The number of nitrogens with zero attached hydrogens (tertiary/aromatic N) is 4. The molecule has 0 aliphatic carbocycles. The summed E-state index contributed by atoms with van der Waals surface area (Å²) in [6.07, 6.45) is 1.48. The molecule has 1 saturated heterocycles. The molecule has 0 saturated carbocycles. The topological polar surface area (TPSA) is 135 Å². The Morgan fingerprint density at radius 2 is 1.93 bits per heavy atom. The first-order valence-corrected chi connectivity index (χ1v) is 9.18. The normalized spacial score (nSPS) is 15.9. The SMILES string of the molecule is O=C(CN1C(=O)c2cccc([N+](=O)[O-])c2C1=O)Nc1ccc(N2CCOCC2)nc1. The quantitative estimate of drug-likeness (QED) is 0.438. The van der Waals surface area contributed by atoms with Crippen LogP contribution in [0.25, 0.3) is 0 Å². The molecule has 11 nitrogen and oxygen atoms in total. The van der Waals surface area contributed by atoms with Gasteiger partial charge in [-0.05, 0) is 18.2 Å². The Labute approximate surface area is 170 Å². The maximum Gasteiger partial charge on any atom is 0.282 e. The molecule has 1 aromatic heterocycles. The Morgan fingerprint density at radius 3 is 2.60 bits per heavy atom. The molecule has 154 valence electrons. The smallest absolute Gasteiger partial charge is 0.282 e. The van der Waals surface area contributed by atoms with Gasteiger partial charge in [0.2, 0.25) is 5.91 Å². The van der Waals surface area contributed by atoms with Gasteiger partial charge in [-0.3, -0.25) is 29.4 Å². The van der Waals surface area contributed by atoms with Crippen LogP contribution in [0.1, 0.15) is 20.7 Å². The van der Waals surface area contributed by atoms with Crippen LogP contribution >= 0.6 is 0 Å². The molecular formula is C19H17N5O6. The monoisotopic (exact) mass is 411 g/mol. The van der Waals surface area contributed by atoms with E-state index in [0.717, 1.165) is 25.0 Å². The van der Waals surface area contributed by atoms with Crippen LogP contribution in [-0.4, -0.2) is 65.4 Å². The molecular weight excluding hydrogens is 394 g/mol. The molecule has 0 radical (unpaired) electrons. The van der Waals surface area contributed by atoms with Crippen molar-refractivity contribution in [1.82, 2.24) is 9.88 Å². The molecule has 1 N–H and O–H groups in total. The van der Waals surface area contributed by atoms with E-state index in [0.29, 0.717) is 23.8 Å². The number of nitrogens with one attached hydrogen (secondary N) is 1. The van der Waals surface area contributed by atoms with Gasteiger partial charge in [0.25, 0.3) is 17.5 Å². The second-order valence-electron chi connectivity index (χ2n) is 6.71. The van der Waals surface area contributed by atoms with Crippen molar-refractivity contribution in [1.29, 1.82) is 0 Å². The zero-order chi connectivity index (χ0) is 21.3. The van der Waals surface area contributed by atoms with Crippen molar-refractivity contribution in [2.75, 3.05) is 43.1 Å². The molecule has 11 heteroatoms. The maximum absolute atomic E-state index is 12.5. The van der Waals surface area contributed by atoms with Gasteiger partial charge in [-0.15, -0.1) is 0 Å². The summed E-state index contributed by atoms with van der Waals surface area (Å²) >= 11 is 0. The molecule has 30 heavy (non-hydrogen) atoms. The highest BCUT2D eigenvalue weighted by Gasteiger charge is 2.41. The van der Waals surface area contributed by atoms with Crippen molar-refractivity contribution >= 4 is 34.9 Å². The van der Waals surface area contributed by atoms with Gasteiger partial charge in [0.05, 0.1) is 35.6 Å². The van der Waals surface area contributed by atoms with Crippen LogP contribution in [0.3, 0.4) is 0 Å². The van der Waals surface area contributed by atoms with E-state index in [1.807, 2.05) is 0 Å². The Bertz CT molecular complexity index is 1030. The number of imide groups is 1. The molecule has 0 unspecified atom stereocenters. The second kappa shape index (κ2) is 7.87. The lowest BCUT2D eigenvalue weighted by atomic mass is 10.1. The van der Waals surface area contributed by atoms with Crippen LogP contribution in [0.5, 0.6) is 0 Å². The van der Waals surface area contributed by atoms with Gasteiger partial charge in [-0.2, -0.15) is 0 Å². The standard InChI is InChI=1S/C19H17N5O6/c25-16(21-12-4-5-15(20-10-12)22-6-8-30-9-7-22)11-23-18(26)13-2-1-3-14(24(28)29)17(13)19(23)27/h1-5,10H,6-9,11H2,(H,21,25). The number of rotatable bonds is 5. The molecule has 3 amide bonds. The fraction of sp³-hybridized carbons (Fsp3) is 0.263. The minimum absolute atomic E-state index is 0.0847. The Morgan fingerprint density at radius 1 is 1.17 bits per heavy atom. The summed E-state index contributed by atoms with van der Waals surface area (Å²) in [5.41, 5.74) is -0.438. The van der Waals surface area contributed by atoms with Crippen LogP contribution in [0.4, 0.5) is 17.2 Å². The molecule has 2 aliphatic rings. The zero-order valence-electron chi connectivity index (χ0n) is 15.7. The third-order valence-corrected chi connectivity index (χ3v) is 4.84. The van der Waals surface area contributed by atoms with E-state index in [9.17, 15) is 24.5 Å². The Kier molecular flexibility index (Phi) is 5.11. The number of ether oxygens (including phenoxy) is 1. The first-order valence-electron chi connectivity index (χ1n) is 9.18. The number of nitro benzene ring substituents is 1. The number of nitro groups is 1. The van der Waals surface area contributed by atoms with E-state index < -0.39 is 34.9 Å². The Hall–Kier alpha value is -3.86. The number of morpholine rings is 1. The van der Waals surface area contributed by atoms with Crippen molar-refractivity contribution in [3.8, 4) is 0 Å². The lowest BCUT2D eigenvalue weighted by Crippen LogP contribution is -2.37. The van der Waals surface area contributed by atoms with Crippen LogP contribution in [0.15, 0.2) is 36.5 Å². The molecule has 0 spiro atoms. The molecule has 0 bridgehead atoms. The predicted octanol–water partition coefficient (Wildman–Crippen LogP) is 1.06. The van der Waals surface area contributed by atoms with Gasteiger partial charge in [-0.1, -0.05) is 6.07 Å². The zero-order valence-corrected chi connectivity index (χ0v) is 15.7. The number of fused-ring (bicyclic) bond motifs is 1. The van der Waals surface area contributed by atoms with Gasteiger partial charge in [0.15, 0.2) is 0 Å². The van der Waals surface area contributed by atoms with Crippen LogP contribution in [0.2, 0.25) is 0 Å². The predicted molar refractivity (Wildman–Crippen MR) is 104 cm³/mol. The first kappa shape index (κ1) is 19.5. The van der Waals surface area contributed by atoms with Gasteiger partial charge < -0.3 is 15.0 Å². The van der Waals surface area contributed by atoms with Gasteiger partial charge in [-0.25, -0.2) is 4.98 Å². The molecule has 4 rings (SSSR count). The van der Waals surface area contributed by atoms with Gasteiger partial charge in [0, 0.05) is 19.2 Å². The van der Waals surface area contributed by atoms with Crippen molar-refractivity contribution in [3.63, 3.8) is 0 Å². The molecule has 1 fully saturated rings. The van der Waals surface area contributed by atoms with E-state index in [-0.39, 0.29) is 11.1 Å².